The van der Waals surface area contributed by atoms with Crippen LogP contribution in [0, 0.1) is 0 Å². The number of aromatic amines is 1. The minimum absolute atomic E-state index is 0.318. The van der Waals surface area contributed by atoms with Crippen LogP contribution in [-0.2, 0) is 4.74 Å². The van der Waals surface area contributed by atoms with Gasteiger partial charge in [-0.3, -0.25) is 10.1 Å². The molecule has 5 nitrogen and oxygen atoms in total. The molecule has 0 saturated carbocycles. The van der Waals surface area contributed by atoms with Crippen LogP contribution in [0.1, 0.15) is 17.4 Å². The highest BCUT2D eigenvalue weighted by Crippen LogP contribution is 2.28. The van der Waals surface area contributed by atoms with E-state index in [0.717, 1.165) is 5.56 Å². The molecule has 2 aromatic rings. The van der Waals surface area contributed by atoms with Crippen LogP contribution in [0.2, 0.25) is 0 Å². The first-order valence-corrected chi connectivity index (χ1v) is 5.84. The number of carbonyl (C=O) groups excluding carboxylic acids is 1. The molecule has 0 aliphatic rings. The first-order chi connectivity index (χ1) is 8.24. The summed E-state index contributed by atoms with van der Waals surface area (Å²) in [6.45, 7) is 2.08. The zero-order valence-electron chi connectivity index (χ0n) is 9.11. The number of carbonyl (C=O) groups is 1. The molecule has 0 aromatic carbocycles. The van der Waals surface area contributed by atoms with Crippen molar-refractivity contribution in [3.8, 4) is 11.3 Å². The first kappa shape index (κ1) is 11.8. The Morgan fingerprint density at radius 2 is 2.18 bits per heavy atom. The lowest BCUT2D eigenvalue weighted by atomic mass is 10.2. The highest BCUT2D eigenvalue weighted by Gasteiger charge is 2.18. The second-order valence-corrected chi connectivity index (χ2v) is 4.01. The van der Waals surface area contributed by atoms with Crippen LogP contribution in [0.4, 0.5) is 0 Å². The lowest BCUT2D eigenvalue weighted by molar-refractivity contribution is 0.0518. The van der Waals surface area contributed by atoms with E-state index in [9.17, 15) is 4.79 Å². The molecule has 0 unspecified atom stereocenters. The van der Waals surface area contributed by atoms with Crippen molar-refractivity contribution in [1.82, 2.24) is 15.2 Å². The predicted molar refractivity (Wildman–Crippen MR) is 65.5 cm³/mol. The van der Waals surface area contributed by atoms with Crippen LogP contribution in [0.25, 0.3) is 11.3 Å². The van der Waals surface area contributed by atoms with Crippen LogP contribution in [0.3, 0.4) is 0 Å². The largest absolute Gasteiger partial charge is 0.461 e. The van der Waals surface area contributed by atoms with Crippen molar-refractivity contribution in [2.45, 2.75) is 6.92 Å². The second kappa shape index (κ2) is 5.09. The Hall–Kier alpha value is -1.69. The summed E-state index contributed by atoms with van der Waals surface area (Å²) in [5, 5.41) is 6.75. The smallest absolute Gasteiger partial charge is 0.357 e. The Balaban J connectivity index is 2.37. The van der Waals surface area contributed by atoms with E-state index < -0.39 is 5.97 Å². The lowest BCUT2D eigenvalue weighted by Crippen LogP contribution is -2.05. The highest BCUT2D eigenvalue weighted by atomic mass is 79.9. The monoisotopic (exact) mass is 295 g/mol. The van der Waals surface area contributed by atoms with Crippen LogP contribution < -0.4 is 0 Å². The number of esters is 1. The summed E-state index contributed by atoms with van der Waals surface area (Å²) >= 11 is 3.34. The van der Waals surface area contributed by atoms with E-state index in [4.69, 9.17) is 4.74 Å². The van der Waals surface area contributed by atoms with Crippen LogP contribution in [-0.4, -0.2) is 27.8 Å². The topological polar surface area (TPSA) is 67.9 Å². The molecule has 0 atom stereocenters. The van der Waals surface area contributed by atoms with Gasteiger partial charge in [-0.05, 0) is 35.0 Å². The molecule has 1 N–H and O–H groups in total. The lowest BCUT2D eigenvalue weighted by Gasteiger charge is -1.99. The third-order valence-electron chi connectivity index (χ3n) is 2.14. The number of nitrogens with zero attached hydrogens (tertiary/aromatic N) is 2. The van der Waals surface area contributed by atoms with Crippen molar-refractivity contribution in [3.63, 3.8) is 0 Å². The third kappa shape index (κ3) is 2.36. The Morgan fingerprint density at radius 1 is 1.47 bits per heavy atom. The molecule has 17 heavy (non-hydrogen) atoms. The van der Waals surface area contributed by atoms with Gasteiger partial charge in [0.2, 0.25) is 0 Å². The van der Waals surface area contributed by atoms with Gasteiger partial charge in [0, 0.05) is 18.0 Å². The van der Waals surface area contributed by atoms with Crippen molar-refractivity contribution in [2.75, 3.05) is 6.61 Å². The molecule has 0 saturated heterocycles. The quantitative estimate of drug-likeness (QED) is 0.883. The summed E-state index contributed by atoms with van der Waals surface area (Å²) in [5.74, 6) is -0.424. The fraction of sp³-hybridized carbons (Fsp3) is 0.182. The van der Waals surface area contributed by atoms with Crippen molar-refractivity contribution >= 4 is 21.9 Å². The average molecular weight is 296 g/mol. The van der Waals surface area contributed by atoms with Gasteiger partial charge >= 0.3 is 5.97 Å². The van der Waals surface area contributed by atoms with E-state index in [1.807, 2.05) is 12.1 Å². The fourth-order valence-electron chi connectivity index (χ4n) is 1.37. The van der Waals surface area contributed by atoms with Gasteiger partial charge in [-0.1, -0.05) is 0 Å². The molecule has 0 aliphatic heterocycles. The molecule has 0 bridgehead atoms. The SMILES string of the molecule is CCOC(=O)c1[nH]nc(-c2ccncc2)c1Br. The summed E-state index contributed by atoms with van der Waals surface area (Å²) in [4.78, 5) is 15.5. The summed E-state index contributed by atoms with van der Waals surface area (Å²) in [7, 11) is 0. The number of pyridine rings is 1. The summed E-state index contributed by atoms with van der Waals surface area (Å²) < 4.78 is 5.50. The van der Waals surface area contributed by atoms with Gasteiger partial charge in [0.05, 0.1) is 11.1 Å². The van der Waals surface area contributed by atoms with Gasteiger partial charge < -0.3 is 4.74 Å². The number of H-pyrrole nitrogens is 1. The Labute approximate surface area is 106 Å². The number of halogens is 1. The first-order valence-electron chi connectivity index (χ1n) is 5.05. The van der Waals surface area contributed by atoms with Gasteiger partial charge in [-0.2, -0.15) is 5.10 Å². The summed E-state index contributed by atoms with van der Waals surface area (Å²) in [6, 6.07) is 3.63. The zero-order chi connectivity index (χ0) is 12.3. The third-order valence-corrected chi connectivity index (χ3v) is 2.91. The molecule has 2 rings (SSSR count). The Bertz CT molecular complexity index is 525. The van der Waals surface area contributed by atoms with Gasteiger partial charge in [0.1, 0.15) is 5.69 Å². The zero-order valence-corrected chi connectivity index (χ0v) is 10.7. The second-order valence-electron chi connectivity index (χ2n) is 3.22. The van der Waals surface area contributed by atoms with E-state index in [0.29, 0.717) is 22.5 Å². The maximum absolute atomic E-state index is 11.6. The number of rotatable bonds is 3. The highest BCUT2D eigenvalue weighted by molar-refractivity contribution is 9.10. The number of hydrogen-bond acceptors (Lipinski definition) is 4. The number of hydrogen-bond donors (Lipinski definition) is 1. The van der Waals surface area contributed by atoms with Crippen LogP contribution >= 0.6 is 15.9 Å². The molecule has 0 amide bonds. The van der Waals surface area contributed by atoms with Crippen molar-refractivity contribution in [3.05, 3.63) is 34.7 Å². The minimum atomic E-state index is -0.424. The Morgan fingerprint density at radius 3 is 2.82 bits per heavy atom. The maximum Gasteiger partial charge on any atom is 0.357 e. The number of nitrogens with one attached hydrogen (secondary N) is 1. The van der Waals surface area contributed by atoms with E-state index in [2.05, 4.69) is 31.1 Å². The van der Waals surface area contributed by atoms with Gasteiger partial charge in [0.25, 0.3) is 0 Å². The molecule has 88 valence electrons. The molecular formula is C11H10BrN3O2. The van der Waals surface area contributed by atoms with Crippen molar-refractivity contribution < 1.29 is 9.53 Å². The Kier molecular flexibility index (Phi) is 3.53. The molecule has 0 radical (unpaired) electrons. The summed E-state index contributed by atoms with van der Waals surface area (Å²) in [5.41, 5.74) is 1.85. The van der Waals surface area contributed by atoms with E-state index in [1.165, 1.54) is 0 Å². The van der Waals surface area contributed by atoms with E-state index in [-0.39, 0.29) is 0 Å². The number of aromatic nitrogens is 3. The molecule has 6 heteroatoms. The predicted octanol–water partition coefficient (Wildman–Crippen LogP) is 2.41. The van der Waals surface area contributed by atoms with E-state index >= 15 is 0 Å². The average Bonchev–Trinajstić information content (AvgIpc) is 2.72. The molecule has 2 heterocycles. The molecule has 0 aliphatic carbocycles. The molecule has 0 fully saturated rings. The normalized spacial score (nSPS) is 10.2. The van der Waals surface area contributed by atoms with Crippen LogP contribution in [0.5, 0.6) is 0 Å². The number of ether oxygens (including phenoxy) is 1. The fourth-order valence-corrected chi connectivity index (χ4v) is 1.94. The van der Waals surface area contributed by atoms with Crippen LogP contribution in [0.15, 0.2) is 29.0 Å². The standard InChI is InChI=1S/C11H10BrN3O2/c1-2-17-11(16)10-8(12)9(14-15-10)7-3-5-13-6-4-7/h3-6H,2H2,1H3,(H,14,15). The summed E-state index contributed by atoms with van der Waals surface area (Å²) in [6.07, 6.45) is 3.33. The molecular weight excluding hydrogens is 286 g/mol. The maximum atomic E-state index is 11.6. The van der Waals surface area contributed by atoms with Gasteiger partial charge in [0.15, 0.2) is 5.69 Å². The van der Waals surface area contributed by atoms with E-state index in [1.54, 1.807) is 19.3 Å². The van der Waals surface area contributed by atoms with Gasteiger partial charge in [-0.25, -0.2) is 4.79 Å². The molecule has 2 aromatic heterocycles. The molecule has 0 spiro atoms. The van der Waals surface area contributed by atoms with Gasteiger partial charge in [-0.15, -0.1) is 0 Å². The minimum Gasteiger partial charge on any atom is -0.461 e. The van der Waals surface area contributed by atoms with Crippen molar-refractivity contribution in [1.29, 1.82) is 0 Å². The van der Waals surface area contributed by atoms with Crippen molar-refractivity contribution in [2.24, 2.45) is 0 Å².